The summed E-state index contributed by atoms with van der Waals surface area (Å²) < 4.78 is 20.6. The highest BCUT2D eigenvalue weighted by molar-refractivity contribution is 6.74. The molecule has 0 radical (unpaired) electrons. The number of hydrogen-bond acceptors (Lipinski definition) is 4. The Bertz CT molecular complexity index is 978. The second kappa shape index (κ2) is 9.45. The highest BCUT2D eigenvalue weighted by atomic mass is 28.4. The first-order chi connectivity index (χ1) is 14.3. The Morgan fingerprint density at radius 2 is 1.65 bits per heavy atom. The molecule has 0 aromatic heterocycles. The summed E-state index contributed by atoms with van der Waals surface area (Å²) >= 11 is 0. The van der Waals surface area contributed by atoms with Crippen molar-refractivity contribution in [1.29, 1.82) is 0 Å². The molecule has 8 heteroatoms. The summed E-state index contributed by atoms with van der Waals surface area (Å²) in [5, 5.41) is 20.5. The van der Waals surface area contributed by atoms with Crippen LogP contribution in [0.2, 0.25) is 18.1 Å². The number of carboxylic acid groups (broad SMARTS) is 2. The summed E-state index contributed by atoms with van der Waals surface area (Å²) in [6.45, 7) is 11.4. The maximum atomic E-state index is 14.4. The van der Waals surface area contributed by atoms with E-state index in [0.29, 0.717) is 23.4 Å². The van der Waals surface area contributed by atoms with Crippen LogP contribution in [-0.2, 0) is 20.6 Å². The van der Waals surface area contributed by atoms with Gasteiger partial charge in [0.1, 0.15) is 5.82 Å². The van der Waals surface area contributed by atoms with Gasteiger partial charge in [-0.15, -0.1) is 0 Å². The predicted octanol–water partition coefficient (Wildman–Crippen LogP) is 5.48. The molecule has 0 spiro atoms. The number of carbonyl (C=O) groups is 2. The van der Waals surface area contributed by atoms with E-state index in [-0.39, 0.29) is 5.04 Å². The minimum atomic E-state index is -1.87. The second-order valence-electron chi connectivity index (χ2n) is 8.75. The molecule has 0 aliphatic rings. The highest BCUT2D eigenvalue weighted by Gasteiger charge is 2.37. The molecule has 0 amide bonds. The third kappa shape index (κ3) is 6.25. The fourth-order valence-corrected chi connectivity index (χ4v) is 3.43. The van der Waals surface area contributed by atoms with E-state index in [9.17, 15) is 14.0 Å². The van der Waals surface area contributed by atoms with Crippen LogP contribution in [0.15, 0.2) is 54.2 Å². The smallest absolute Gasteiger partial charge is 0.344 e. The van der Waals surface area contributed by atoms with Gasteiger partial charge in [-0.1, -0.05) is 45.0 Å². The zero-order valence-electron chi connectivity index (χ0n) is 18.3. The summed E-state index contributed by atoms with van der Waals surface area (Å²) in [4.78, 5) is 21.9. The first-order valence-corrected chi connectivity index (χ1v) is 12.7. The molecule has 6 nitrogen and oxygen atoms in total. The summed E-state index contributed by atoms with van der Waals surface area (Å²) in [5.74, 6) is -3.59. The quantitative estimate of drug-likeness (QED) is 0.216. The number of rotatable bonds is 8. The first-order valence-electron chi connectivity index (χ1n) is 9.78. The van der Waals surface area contributed by atoms with Crippen molar-refractivity contribution in [2.24, 2.45) is 0 Å². The maximum absolute atomic E-state index is 14.4. The molecule has 0 unspecified atom stereocenters. The largest absolute Gasteiger partial charge is 0.477 e. The Labute approximate surface area is 182 Å². The first kappa shape index (κ1) is 24.3. The lowest BCUT2D eigenvalue weighted by Crippen LogP contribution is -2.40. The van der Waals surface area contributed by atoms with Crippen LogP contribution >= 0.6 is 0 Å². The van der Waals surface area contributed by atoms with Gasteiger partial charge >= 0.3 is 11.9 Å². The molecule has 3 N–H and O–H groups in total. The molecular formula is C23H28FNO5Si. The van der Waals surface area contributed by atoms with Crippen molar-refractivity contribution in [1.82, 2.24) is 0 Å². The fraction of sp³-hybridized carbons (Fsp3) is 0.304. The molecule has 0 saturated carbocycles. The molecule has 0 aliphatic heterocycles. The van der Waals surface area contributed by atoms with Gasteiger partial charge in [-0.05, 0) is 47.5 Å². The van der Waals surface area contributed by atoms with E-state index in [1.807, 2.05) is 12.1 Å². The minimum Gasteiger partial charge on any atom is -0.477 e. The molecular weight excluding hydrogens is 417 g/mol. The maximum Gasteiger partial charge on any atom is 0.344 e. The van der Waals surface area contributed by atoms with Crippen LogP contribution in [0.3, 0.4) is 0 Å². The standard InChI is InChI=1S/C23H28FNO5Si/c1-23(2,3)31(4,5)30-14-15-6-8-16(9-7-15)18-12-17(10-11-20(18)24)25-13-19(21(26)27)22(28)29/h6-13,25H,14H2,1-5H3,(H,26,27)(H,28,29). The second-order valence-corrected chi connectivity index (χ2v) is 13.6. The molecule has 0 saturated heterocycles. The van der Waals surface area contributed by atoms with Crippen LogP contribution in [0.5, 0.6) is 0 Å². The van der Waals surface area contributed by atoms with Gasteiger partial charge in [-0.2, -0.15) is 0 Å². The lowest BCUT2D eigenvalue weighted by molar-refractivity contribution is -0.140. The minimum absolute atomic E-state index is 0.110. The van der Waals surface area contributed by atoms with Gasteiger partial charge in [0.25, 0.3) is 0 Å². The van der Waals surface area contributed by atoms with E-state index in [0.717, 1.165) is 11.8 Å². The van der Waals surface area contributed by atoms with Gasteiger partial charge in [0.05, 0.1) is 6.61 Å². The molecule has 31 heavy (non-hydrogen) atoms. The molecule has 0 heterocycles. The molecule has 2 aromatic rings. The van der Waals surface area contributed by atoms with Crippen molar-refractivity contribution in [3.8, 4) is 11.1 Å². The lowest BCUT2D eigenvalue weighted by Gasteiger charge is -2.36. The molecule has 0 atom stereocenters. The normalized spacial score (nSPS) is 11.7. The van der Waals surface area contributed by atoms with Crippen molar-refractivity contribution in [2.45, 2.75) is 45.5 Å². The number of anilines is 1. The van der Waals surface area contributed by atoms with Crippen molar-refractivity contribution in [2.75, 3.05) is 5.32 Å². The molecule has 0 aliphatic carbocycles. The van der Waals surface area contributed by atoms with E-state index < -0.39 is 31.6 Å². The number of halogens is 1. The predicted molar refractivity (Wildman–Crippen MR) is 121 cm³/mol. The van der Waals surface area contributed by atoms with Crippen LogP contribution in [0.4, 0.5) is 10.1 Å². The van der Waals surface area contributed by atoms with Crippen LogP contribution in [0.1, 0.15) is 26.3 Å². The Hall–Kier alpha value is -2.97. The van der Waals surface area contributed by atoms with Crippen molar-refractivity contribution in [3.63, 3.8) is 0 Å². The van der Waals surface area contributed by atoms with E-state index in [2.05, 4.69) is 39.2 Å². The zero-order valence-corrected chi connectivity index (χ0v) is 19.3. The molecule has 166 valence electrons. The number of aliphatic carboxylic acids is 2. The van der Waals surface area contributed by atoms with Crippen LogP contribution in [0.25, 0.3) is 11.1 Å². The van der Waals surface area contributed by atoms with Crippen LogP contribution in [0, 0.1) is 5.82 Å². The average molecular weight is 446 g/mol. The van der Waals surface area contributed by atoms with E-state index >= 15 is 0 Å². The fourth-order valence-electron chi connectivity index (χ4n) is 2.47. The Balaban J connectivity index is 2.20. The van der Waals surface area contributed by atoms with Crippen LogP contribution < -0.4 is 5.32 Å². The summed E-state index contributed by atoms with van der Waals surface area (Å²) in [5.41, 5.74) is 1.47. The Kier molecular flexibility index (Phi) is 7.40. The average Bonchev–Trinajstić information content (AvgIpc) is 2.67. The van der Waals surface area contributed by atoms with Crippen molar-refractivity contribution >= 4 is 25.9 Å². The Morgan fingerprint density at radius 3 is 2.16 bits per heavy atom. The summed E-state index contributed by atoms with van der Waals surface area (Å²) in [6.07, 6.45) is 0.864. The Morgan fingerprint density at radius 1 is 1.06 bits per heavy atom. The summed E-state index contributed by atoms with van der Waals surface area (Å²) in [7, 11) is -1.87. The monoisotopic (exact) mass is 445 g/mol. The molecule has 2 aromatic carbocycles. The zero-order chi connectivity index (χ0) is 23.4. The number of benzene rings is 2. The van der Waals surface area contributed by atoms with Gasteiger partial charge in [-0.25, -0.2) is 14.0 Å². The van der Waals surface area contributed by atoms with Gasteiger partial charge < -0.3 is 20.0 Å². The lowest BCUT2D eigenvalue weighted by atomic mass is 10.0. The van der Waals surface area contributed by atoms with Crippen molar-refractivity contribution < 1.29 is 28.6 Å². The molecule has 0 fully saturated rings. The number of carboxylic acids is 2. The van der Waals surface area contributed by atoms with Gasteiger partial charge in [0.2, 0.25) is 0 Å². The van der Waals surface area contributed by atoms with Gasteiger partial charge in [-0.3, -0.25) is 0 Å². The van der Waals surface area contributed by atoms with E-state index in [1.165, 1.54) is 18.2 Å². The third-order valence-corrected chi connectivity index (χ3v) is 9.96. The van der Waals surface area contributed by atoms with Crippen LogP contribution in [-0.4, -0.2) is 30.5 Å². The SMILES string of the molecule is CC(C)(C)[Si](C)(C)OCc1ccc(-c2cc(NC=C(C(=O)O)C(=O)O)ccc2F)cc1. The summed E-state index contributed by atoms with van der Waals surface area (Å²) in [6, 6.07) is 11.5. The topological polar surface area (TPSA) is 95.9 Å². The van der Waals surface area contributed by atoms with E-state index in [4.69, 9.17) is 14.6 Å². The molecule has 2 rings (SSSR count). The third-order valence-electron chi connectivity index (χ3n) is 5.48. The number of hydrogen-bond donors (Lipinski definition) is 3. The highest BCUT2D eigenvalue weighted by Crippen LogP contribution is 2.37. The molecule has 0 bridgehead atoms. The van der Waals surface area contributed by atoms with Gasteiger partial charge in [0, 0.05) is 17.5 Å². The number of nitrogens with one attached hydrogen (secondary N) is 1. The van der Waals surface area contributed by atoms with Gasteiger partial charge in [0.15, 0.2) is 13.9 Å². The van der Waals surface area contributed by atoms with E-state index in [1.54, 1.807) is 12.1 Å². The van der Waals surface area contributed by atoms with Crippen molar-refractivity contribution in [3.05, 3.63) is 65.6 Å².